The van der Waals surface area contributed by atoms with Crippen molar-refractivity contribution in [1.82, 2.24) is 14.5 Å². The fraction of sp³-hybridized carbons (Fsp3) is 0.562. The van der Waals surface area contributed by atoms with Gasteiger partial charge in [-0.2, -0.15) is 4.31 Å². The summed E-state index contributed by atoms with van der Waals surface area (Å²) in [7, 11) is -2.56. The molecular formula is C16H24FN3O4S. The second-order valence-corrected chi connectivity index (χ2v) is 7.68. The molecule has 1 aromatic rings. The second kappa shape index (κ2) is 8.48. The lowest BCUT2D eigenvalue weighted by atomic mass is 10.3. The third kappa shape index (κ3) is 4.60. The number of ether oxygens (including phenoxy) is 1. The molecular weight excluding hydrogens is 349 g/mol. The van der Waals surface area contributed by atoms with Gasteiger partial charge in [-0.1, -0.05) is 6.92 Å². The zero-order valence-electron chi connectivity index (χ0n) is 14.5. The van der Waals surface area contributed by atoms with Gasteiger partial charge in [0.1, 0.15) is 16.5 Å². The van der Waals surface area contributed by atoms with E-state index in [9.17, 15) is 17.6 Å². The topological polar surface area (TPSA) is 79.0 Å². The molecule has 1 aromatic carbocycles. The number of nitrogens with zero attached hydrogens (tertiary/aromatic N) is 2. The van der Waals surface area contributed by atoms with E-state index in [1.165, 1.54) is 17.5 Å². The summed E-state index contributed by atoms with van der Waals surface area (Å²) >= 11 is 0. The van der Waals surface area contributed by atoms with Crippen LogP contribution in [-0.2, 0) is 10.0 Å². The van der Waals surface area contributed by atoms with Crippen LogP contribution in [0.25, 0.3) is 0 Å². The minimum Gasteiger partial charge on any atom is -0.495 e. The molecule has 1 aliphatic heterocycles. The highest BCUT2D eigenvalue weighted by Crippen LogP contribution is 2.28. The molecule has 9 heteroatoms. The molecule has 0 saturated carbocycles. The van der Waals surface area contributed by atoms with Gasteiger partial charge in [-0.3, -0.25) is 0 Å². The van der Waals surface area contributed by atoms with E-state index in [4.69, 9.17) is 4.74 Å². The molecule has 1 fully saturated rings. The van der Waals surface area contributed by atoms with Crippen LogP contribution < -0.4 is 10.1 Å². The van der Waals surface area contributed by atoms with E-state index in [0.717, 1.165) is 18.6 Å². The fourth-order valence-corrected chi connectivity index (χ4v) is 4.31. The van der Waals surface area contributed by atoms with Crippen molar-refractivity contribution < 1.29 is 22.3 Å². The van der Waals surface area contributed by atoms with Crippen LogP contribution in [0.5, 0.6) is 5.75 Å². The molecule has 140 valence electrons. The highest BCUT2D eigenvalue weighted by Gasteiger charge is 2.30. The average Bonchev–Trinajstić information content (AvgIpc) is 2.86. The standard InChI is InChI=1S/C16H24FN3O4S/c1-3-7-18-16(21)19-8-4-9-20(11-10-19)25(22,23)15-12-13(17)5-6-14(15)24-2/h5-6,12H,3-4,7-11H2,1-2H3,(H,18,21). The van der Waals surface area contributed by atoms with Gasteiger partial charge in [0, 0.05) is 32.7 Å². The first-order valence-electron chi connectivity index (χ1n) is 8.26. The molecule has 0 aromatic heterocycles. The summed E-state index contributed by atoms with van der Waals surface area (Å²) < 4.78 is 45.6. The molecule has 25 heavy (non-hydrogen) atoms. The summed E-state index contributed by atoms with van der Waals surface area (Å²) in [5.74, 6) is -0.544. The van der Waals surface area contributed by atoms with Crippen LogP contribution in [-0.4, -0.2) is 63.5 Å². The highest BCUT2D eigenvalue weighted by atomic mass is 32.2. The number of hydrogen-bond acceptors (Lipinski definition) is 4. The van der Waals surface area contributed by atoms with Gasteiger partial charge < -0.3 is 15.0 Å². The summed E-state index contributed by atoms with van der Waals surface area (Å²) in [4.78, 5) is 13.5. The Bertz CT molecular complexity index is 711. The van der Waals surface area contributed by atoms with Crippen LogP contribution in [0.1, 0.15) is 19.8 Å². The molecule has 7 nitrogen and oxygen atoms in total. The van der Waals surface area contributed by atoms with E-state index in [1.807, 2.05) is 6.92 Å². The van der Waals surface area contributed by atoms with Crippen molar-refractivity contribution in [3.63, 3.8) is 0 Å². The molecule has 0 radical (unpaired) electrons. The normalized spacial score (nSPS) is 16.4. The first-order valence-corrected chi connectivity index (χ1v) is 9.70. The average molecular weight is 373 g/mol. The Morgan fingerprint density at radius 3 is 2.72 bits per heavy atom. The molecule has 0 atom stereocenters. The Hall–Kier alpha value is -1.87. The summed E-state index contributed by atoms with van der Waals surface area (Å²) in [5.41, 5.74) is 0. The van der Waals surface area contributed by atoms with Crippen LogP contribution >= 0.6 is 0 Å². The minimum atomic E-state index is -3.91. The first-order chi connectivity index (χ1) is 11.9. The van der Waals surface area contributed by atoms with Gasteiger partial charge in [-0.05, 0) is 31.0 Å². The molecule has 1 heterocycles. The molecule has 0 unspecified atom stereocenters. The van der Waals surface area contributed by atoms with E-state index in [0.29, 0.717) is 19.5 Å². The van der Waals surface area contributed by atoms with Crippen LogP contribution in [0.4, 0.5) is 9.18 Å². The Kier molecular flexibility index (Phi) is 6.60. The van der Waals surface area contributed by atoms with Crippen molar-refractivity contribution in [2.24, 2.45) is 0 Å². The summed E-state index contributed by atoms with van der Waals surface area (Å²) in [6.07, 6.45) is 1.34. The predicted octanol–water partition coefficient (Wildman–Crippen LogP) is 1.65. The third-order valence-corrected chi connectivity index (χ3v) is 5.93. The lowest BCUT2D eigenvalue weighted by Crippen LogP contribution is -2.42. The lowest BCUT2D eigenvalue weighted by Gasteiger charge is -2.22. The van der Waals surface area contributed by atoms with Gasteiger partial charge in [0.2, 0.25) is 10.0 Å². The van der Waals surface area contributed by atoms with E-state index < -0.39 is 15.8 Å². The number of nitrogens with one attached hydrogen (secondary N) is 1. The smallest absolute Gasteiger partial charge is 0.317 e. The highest BCUT2D eigenvalue weighted by molar-refractivity contribution is 7.89. The fourth-order valence-electron chi connectivity index (χ4n) is 2.67. The zero-order valence-corrected chi connectivity index (χ0v) is 15.3. The minimum absolute atomic E-state index is 0.100. The Balaban J connectivity index is 2.16. The van der Waals surface area contributed by atoms with Gasteiger partial charge in [-0.25, -0.2) is 17.6 Å². The van der Waals surface area contributed by atoms with E-state index in [2.05, 4.69) is 5.32 Å². The third-order valence-electron chi connectivity index (χ3n) is 4.01. The number of halogens is 1. The monoisotopic (exact) mass is 373 g/mol. The summed E-state index contributed by atoms with van der Waals surface area (Å²) in [6, 6.07) is 3.22. The Morgan fingerprint density at radius 1 is 1.28 bits per heavy atom. The lowest BCUT2D eigenvalue weighted by molar-refractivity contribution is 0.200. The molecule has 0 aliphatic carbocycles. The van der Waals surface area contributed by atoms with Gasteiger partial charge in [0.05, 0.1) is 7.11 Å². The largest absolute Gasteiger partial charge is 0.495 e. The number of urea groups is 1. The Morgan fingerprint density at radius 2 is 2.04 bits per heavy atom. The molecule has 2 rings (SSSR count). The van der Waals surface area contributed by atoms with Crippen molar-refractivity contribution in [3.8, 4) is 5.75 Å². The number of methoxy groups -OCH3 is 1. The number of carbonyl (C=O) groups excluding carboxylic acids is 1. The summed E-state index contributed by atoms with van der Waals surface area (Å²) in [5, 5.41) is 2.79. The number of hydrogen-bond donors (Lipinski definition) is 1. The number of sulfonamides is 1. The second-order valence-electron chi connectivity index (χ2n) is 5.77. The van der Waals surface area contributed by atoms with Gasteiger partial charge in [0.25, 0.3) is 0 Å². The maximum absolute atomic E-state index is 13.5. The number of benzene rings is 1. The zero-order chi connectivity index (χ0) is 18.4. The SMILES string of the molecule is CCCNC(=O)N1CCCN(S(=O)(=O)c2cc(F)ccc2OC)CC1. The van der Waals surface area contributed by atoms with Crippen molar-refractivity contribution in [1.29, 1.82) is 0 Å². The molecule has 1 saturated heterocycles. The molecule has 1 N–H and O–H groups in total. The van der Waals surface area contributed by atoms with Crippen molar-refractivity contribution in [2.75, 3.05) is 39.8 Å². The maximum atomic E-state index is 13.5. The van der Waals surface area contributed by atoms with Crippen LogP contribution in [0, 0.1) is 5.82 Å². The van der Waals surface area contributed by atoms with Crippen molar-refractivity contribution in [2.45, 2.75) is 24.7 Å². The van der Waals surface area contributed by atoms with Gasteiger partial charge in [0.15, 0.2) is 0 Å². The first kappa shape index (κ1) is 19.5. The van der Waals surface area contributed by atoms with E-state index in [-0.39, 0.29) is 36.3 Å². The van der Waals surface area contributed by atoms with Gasteiger partial charge >= 0.3 is 6.03 Å². The predicted molar refractivity (Wildman–Crippen MR) is 91.6 cm³/mol. The molecule has 0 bridgehead atoms. The van der Waals surface area contributed by atoms with E-state index in [1.54, 1.807) is 4.90 Å². The molecule has 2 amide bonds. The van der Waals surface area contributed by atoms with Crippen molar-refractivity contribution >= 4 is 16.1 Å². The molecule has 1 aliphatic rings. The Labute approximate surface area is 147 Å². The van der Waals surface area contributed by atoms with Crippen LogP contribution in [0.3, 0.4) is 0 Å². The number of rotatable bonds is 5. The summed E-state index contributed by atoms with van der Waals surface area (Å²) in [6.45, 7) is 3.72. The van der Waals surface area contributed by atoms with Crippen molar-refractivity contribution in [3.05, 3.63) is 24.0 Å². The maximum Gasteiger partial charge on any atom is 0.317 e. The quantitative estimate of drug-likeness (QED) is 0.851. The van der Waals surface area contributed by atoms with E-state index >= 15 is 0 Å². The number of amides is 2. The van der Waals surface area contributed by atoms with Gasteiger partial charge in [-0.15, -0.1) is 0 Å². The van der Waals surface area contributed by atoms with Crippen LogP contribution in [0.2, 0.25) is 0 Å². The van der Waals surface area contributed by atoms with Crippen LogP contribution in [0.15, 0.2) is 23.1 Å². The molecule has 0 spiro atoms. The number of carbonyl (C=O) groups is 1.